The van der Waals surface area contributed by atoms with Gasteiger partial charge in [0.1, 0.15) is 31.3 Å². The number of benzene rings is 3. The van der Waals surface area contributed by atoms with Crippen molar-refractivity contribution in [2.75, 3.05) is 32.8 Å². The van der Waals surface area contributed by atoms with Crippen molar-refractivity contribution >= 4 is 41.6 Å². The van der Waals surface area contributed by atoms with Crippen LogP contribution in [0.2, 0.25) is 0 Å². The van der Waals surface area contributed by atoms with Gasteiger partial charge in [0.25, 0.3) is 0 Å². The summed E-state index contributed by atoms with van der Waals surface area (Å²) in [6.45, 7) is 2.65. The number of alkyl carbamates (subject to hydrolysis) is 1. The SMILES string of the molecule is CC(C)C[C@H](NC(=O)[C@H](Cc1ccccc1)NC(=O)CNC(=O)CNC(=O)CNC(=O)OCC1c2ccccc2-c2ccccc21)C(=O)N[C@@H](CCCCN)C(=O)O. The lowest BCUT2D eigenvalue weighted by molar-refractivity contribution is -0.142. The first kappa shape index (κ1) is 44.4. The van der Waals surface area contributed by atoms with Crippen LogP contribution >= 0.6 is 0 Å². The summed E-state index contributed by atoms with van der Waals surface area (Å²) in [7, 11) is 0. The van der Waals surface area contributed by atoms with E-state index in [4.69, 9.17) is 10.5 Å². The molecule has 16 nitrogen and oxygen atoms in total. The highest BCUT2D eigenvalue weighted by molar-refractivity contribution is 5.95. The summed E-state index contributed by atoms with van der Waals surface area (Å²) in [5, 5.41) is 24.6. The number of amides is 6. The van der Waals surface area contributed by atoms with Crippen molar-refractivity contribution in [2.45, 2.75) is 70.0 Å². The summed E-state index contributed by atoms with van der Waals surface area (Å²) in [5.41, 5.74) is 10.5. The van der Waals surface area contributed by atoms with Gasteiger partial charge in [-0.2, -0.15) is 0 Å². The van der Waals surface area contributed by atoms with Crippen LogP contribution in [-0.2, 0) is 39.9 Å². The van der Waals surface area contributed by atoms with E-state index in [2.05, 4.69) is 31.9 Å². The zero-order valence-corrected chi connectivity index (χ0v) is 32.8. The second-order valence-electron chi connectivity index (χ2n) is 14.4. The molecule has 58 heavy (non-hydrogen) atoms. The predicted octanol–water partition coefficient (Wildman–Crippen LogP) is 1.71. The van der Waals surface area contributed by atoms with Gasteiger partial charge in [-0.05, 0) is 66.0 Å². The van der Waals surface area contributed by atoms with E-state index < -0.39 is 79.4 Å². The van der Waals surface area contributed by atoms with Crippen molar-refractivity contribution in [1.29, 1.82) is 0 Å². The van der Waals surface area contributed by atoms with E-state index in [9.17, 15) is 38.7 Å². The van der Waals surface area contributed by atoms with E-state index in [1.54, 1.807) is 30.3 Å². The lowest BCUT2D eigenvalue weighted by Crippen LogP contribution is -2.57. The summed E-state index contributed by atoms with van der Waals surface area (Å²) >= 11 is 0. The van der Waals surface area contributed by atoms with Crippen molar-refractivity contribution in [3.05, 3.63) is 95.6 Å². The van der Waals surface area contributed by atoms with Crippen LogP contribution in [0.5, 0.6) is 0 Å². The minimum atomic E-state index is -1.21. The minimum Gasteiger partial charge on any atom is -0.480 e. The van der Waals surface area contributed by atoms with Crippen LogP contribution in [0.1, 0.15) is 62.1 Å². The molecule has 3 aromatic rings. The van der Waals surface area contributed by atoms with Gasteiger partial charge in [0.15, 0.2) is 0 Å². The number of carboxylic acid groups (broad SMARTS) is 1. The number of carbonyl (C=O) groups excluding carboxylic acids is 6. The summed E-state index contributed by atoms with van der Waals surface area (Å²) in [6.07, 6.45) is 0.690. The van der Waals surface area contributed by atoms with Gasteiger partial charge in [-0.25, -0.2) is 9.59 Å². The number of fused-ring (bicyclic) bond motifs is 3. The fourth-order valence-electron chi connectivity index (χ4n) is 6.59. The zero-order chi connectivity index (χ0) is 42.0. The lowest BCUT2D eigenvalue weighted by Gasteiger charge is -2.25. The van der Waals surface area contributed by atoms with Crippen LogP contribution in [0.25, 0.3) is 11.1 Å². The molecule has 0 radical (unpaired) electrons. The molecule has 9 N–H and O–H groups in total. The molecule has 0 fully saturated rings. The Bertz CT molecular complexity index is 1860. The lowest BCUT2D eigenvalue weighted by atomic mass is 9.98. The summed E-state index contributed by atoms with van der Waals surface area (Å²) in [6, 6.07) is 21.2. The fourth-order valence-corrected chi connectivity index (χ4v) is 6.59. The topological polar surface area (TPSA) is 247 Å². The van der Waals surface area contributed by atoms with Gasteiger partial charge >= 0.3 is 12.1 Å². The Balaban J connectivity index is 1.24. The molecule has 0 saturated heterocycles. The molecule has 1 aliphatic carbocycles. The Kier molecular flexibility index (Phi) is 17.2. The molecule has 0 unspecified atom stereocenters. The Morgan fingerprint density at radius 3 is 1.78 bits per heavy atom. The number of nitrogens with two attached hydrogens (primary N) is 1. The number of carbonyl (C=O) groups is 7. The molecular formula is C42H53N7O9. The second-order valence-corrected chi connectivity index (χ2v) is 14.4. The van der Waals surface area contributed by atoms with E-state index in [1.165, 1.54) is 0 Å². The Hall–Kier alpha value is -6.29. The zero-order valence-electron chi connectivity index (χ0n) is 32.8. The van der Waals surface area contributed by atoms with Gasteiger partial charge in [-0.3, -0.25) is 24.0 Å². The van der Waals surface area contributed by atoms with Crippen LogP contribution in [0.15, 0.2) is 78.9 Å². The van der Waals surface area contributed by atoms with E-state index in [1.807, 2.05) is 62.4 Å². The van der Waals surface area contributed by atoms with Crippen molar-refractivity contribution in [3.8, 4) is 11.1 Å². The Morgan fingerprint density at radius 2 is 1.19 bits per heavy atom. The fraction of sp³-hybridized carbons (Fsp3) is 0.405. The number of aliphatic carboxylic acids is 1. The van der Waals surface area contributed by atoms with Gasteiger partial charge < -0.3 is 47.5 Å². The van der Waals surface area contributed by atoms with Crippen LogP contribution in [-0.4, -0.2) is 97.6 Å². The highest BCUT2D eigenvalue weighted by Crippen LogP contribution is 2.44. The number of hydrogen-bond acceptors (Lipinski definition) is 9. The van der Waals surface area contributed by atoms with Crippen molar-refractivity contribution in [1.82, 2.24) is 31.9 Å². The summed E-state index contributed by atoms with van der Waals surface area (Å²) < 4.78 is 5.43. The third kappa shape index (κ3) is 13.7. The number of rotatable bonds is 22. The van der Waals surface area contributed by atoms with Crippen LogP contribution < -0.4 is 37.6 Å². The van der Waals surface area contributed by atoms with Gasteiger partial charge in [0.2, 0.25) is 29.5 Å². The number of hydrogen-bond donors (Lipinski definition) is 8. The van der Waals surface area contributed by atoms with Crippen LogP contribution in [0, 0.1) is 5.92 Å². The molecule has 0 aliphatic heterocycles. The molecule has 16 heteroatoms. The Morgan fingerprint density at radius 1 is 0.655 bits per heavy atom. The number of carboxylic acids is 1. The van der Waals surface area contributed by atoms with E-state index >= 15 is 0 Å². The minimum absolute atomic E-state index is 0.0476. The average Bonchev–Trinajstić information content (AvgIpc) is 3.53. The van der Waals surface area contributed by atoms with Gasteiger partial charge in [0, 0.05) is 12.3 Å². The predicted molar refractivity (Wildman–Crippen MR) is 215 cm³/mol. The molecule has 6 amide bonds. The van der Waals surface area contributed by atoms with E-state index in [-0.39, 0.29) is 37.7 Å². The molecule has 0 heterocycles. The maximum atomic E-state index is 13.6. The molecule has 1 aliphatic rings. The number of unbranched alkanes of at least 4 members (excludes halogenated alkanes) is 1. The molecule has 3 atom stereocenters. The van der Waals surface area contributed by atoms with Crippen molar-refractivity contribution in [3.63, 3.8) is 0 Å². The first-order valence-electron chi connectivity index (χ1n) is 19.3. The van der Waals surface area contributed by atoms with Crippen molar-refractivity contribution in [2.24, 2.45) is 11.7 Å². The second kappa shape index (κ2) is 22.5. The highest BCUT2D eigenvalue weighted by atomic mass is 16.5. The molecule has 3 aromatic carbocycles. The normalized spacial score (nSPS) is 13.2. The number of nitrogens with one attached hydrogen (secondary N) is 6. The van der Waals surface area contributed by atoms with Gasteiger partial charge in [-0.15, -0.1) is 0 Å². The van der Waals surface area contributed by atoms with Gasteiger partial charge in [0.05, 0.1) is 13.1 Å². The largest absolute Gasteiger partial charge is 0.480 e. The molecule has 0 bridgehead atoms. The number of ether oxygens (including phenoxy) is 1. The smallest absolute Gasteiger partial charge is 0.407 e. The van der Waals surface area contributed by atoms with E-state index in [0.717, 1.165) is 22.3 Å². The first-order valence-corrected chi connectivity index (χ1v) is 19.3. The van der Waals surface area contributed by atoms with E-state index in [0.29, 0.717) is 24.9 Å². The van der Waals surface area contributed by atoms with Crippen LogP contribution in [0.4, 0.5) is 4.79 Å². The molecule has 0 saturated carbocycles. The highest BCUT2D eigenvalue weighted by Gasteiger charge is 2.31. The molecular weight excluding hydrogens is 747 g/mol. The first-order chi connectivity index (χ1) is 27.9. The van der Waals surface area contributed by atoms with Crippen molar-refractivity contribution < 1.29 is 43.4 Å². The third-order valence-corrected chi connectivity index (χ3v) is 9.47. The molecule has 4 rings (SSSR count). The van der Waals surface area contributed by atoms with Gasteiger partial charge in [-0.1, -0.05) is 92.7 Å². The quantitative estimate of drug-likeness (QED) is 0.0684. The van der Waals surface area contributed by atoms with Crippen LogP contribution in [0.3, 0.4) is 0 Å². The standard InChI is InChI=1S/C42H53N7O9/c1-26(2)20-34(39(53)48-33(41(55)56)18-10-11-19-43)49-40(54)35(21-27-12-4-3-5-13-27)47-38(52)24-45-36(50)22-44-37(51)23-46-42(57)58-25-32-30-16-8-6-14-28(30)29-15-7-9-17-31(29)32/h3-9,12-17,26,32-35H,10-11,18-25,43H2,1-2H3,(H,44,51)(H,45,50)(H,46,57)(H,47,52)(H,48,53)(H,49,54)(H,55,56)/t33-,34-,35-/m0/s1. The summed E-state index contributed by atoms with van der Waals surface area (Å²) in [4.78, 5) is 89.1. The average molecular weight is 800 g/mol. The molecule has 0 aromatic heterocycles. The monoisotopic (exact) mass is 799 g/mol. The summed E-state index contributed by atoms with van der Waals surface area (Å²) in [5.74, 6) is -4.87. The molecule has 0 spiro atoms. The third-order valence-electron chi connectivity index (χ3n) is 9.47. The molecule has 310 valence electrons. The maximum absolute atomic E-state index is 13.6. The maximum Gasteiger partial charge on any atom is 0.407 e. The Labute approximate surface area is 337 Å².